The summed E-state index contributed by atoms with van der Waals surface area (Å²) < 4.78 is 10.7. The molecular formula is C26H33N7O3. The van der Waals surface area contributed by atoms with Crippen LogP contribution in [0.3, 0.4) is 0 Å². The molecule has 190 valence electrons. The van der Waals surface area contributed by atoms with E-state index < -0.39 is 0 Å². The van der Waals surface area contributed by atoms with Gasteiger partial charge in [0.25, 0.3) is 5.91 Å². The monoisotopic (exact) mass is 491 g/mol. The number of methoxy groups -OCH3 is 2. The molecule has 3 heterocycles. The van der Waals surface area contributed by atoms with Crippen molar-refractivity contribution in [3.63, 3.8) is 0 Å². The molecule has 10 nitrogen and oxygen atoms in total. The van der Waals surface area contributed by atoms with Crippen LogP contribution < -0.4 is 19.7 Å². The topological polar surface area (TPSA) is 109 Å². The highest BCUT2D eigenvalue weighted by molar-refractivity contribution is 6.02. The molecule has 1 saturated heterocycles. The van der Waals surface area contributed by atoms with Gasteiger partial charge in [0.05, 0.1) is 26.6 Å². The van der Waals surface area contributed by atoms with Gasteiger partial charge in [-0.25, -0.2) is 9.97 Å². The average molecular weight is 492 g/mol. The van der Waals surface area contributed by atoms with E-state index in [2.05, 4.69) is 35.3 Å². The number of carbonyl (C=O) groups excluding carboxylic acids is 1. The number of amides is 1. The molecule has 1 aromatic carbocycles. The molecule has 10 heteroatoms. The smallest absolute Gasteiger partial charge is 0.277 e. The van der Waals surface area contributed by atoms with Crippen molar-refractivity contribution in [2.75, 3.05) is 50.6 Å². The van der Waals surface area contributed by atoms with Crippen LogP contribution in [-0.2, 0) is 12.8 Å². The van der Waals surface area contributed by atoms with Crippen LogP contribution in [0.4, 0.5) is 11.6 Å². The van der Waals surface area contributed by atoms with Crippen LogP contribution in [0.25, 0.3) is 0 Å². The van der Waals surface area contributed by atoms with Crippen LogP contribution in [-0.4, -0.2) is 77.4 Å². The van der Waals surface area contributed by atoms with E-state index in [0.717, 1.165) is 80.1 Å². The molecule has 36 heavy (non-hydrogen) atoms. The number of nitrogens with one attached hydrogen (secondary N) is 2. The molecule has 0 atom stereocenters. The van der Waals surface area contributed by atoms with Crippen molar-refractivity contribution in [1.29, 1.82) is 0 Å². The van der Waals surface area contributed by atoms with E-state index in [4.69, 9.17) is 9.47 Å². The van der Waals surface area contributed by atoms with Crippen molar-refractivity contribution in [2.45, 2.75) is 38.1 Å². The van der Waals surface area contributed by atoms with Gasteiger partial charge in [-0.3, -0.25) is 14.8 Å². The molecule has 2 N–H and O–H groups in total. The fourth-order valence-electron chi connectivity index (χ4n) is 4.60. The summed E-state index contributed by atoms with van der Waals surface area (Å²) in [5, 5.41) is 10.0. The third-order valence-electron chi connectivity index (χ3n) is 6.76. The summed E-state index contributed by atoms with van der Waals surface area (Å²) in [6.07, 6.45) is 8.51. The van der Waals surface area contributed by atoms with Gasteiger partial charge >= 0.3 is 0 Å². The van der Waals surface area contributed by atoms with E-state index in [1.165, 1.54) is 19.0 Å². The molecule has 2 aliphatic rings. The highest BCUT2D eigenvalue weighted by Gasteiger charge is 2.30. The minimum Gasteiger partial charge on any atom is -0.497 e. The summed E-state index contributed by atoms with van der Waals surface area (Å²) >= 11 is 0. The Morgan fingerprint density at radius 3 is 2.50 bits per heavy atom. The lowest BCUT2D eigenvalue weighted by molar-refractivity contribution is 0.102. The highest BCUT2D eigenvalue weighted by Crippen LogP contribution is 2.28. The molecular weight excluding hydrogens is 458 g/mol. The minimum absolute atomic E-state index is 0.265. The van der Waals surface area contributed by atoms with E-state index >= 15 is 0 Å². The van der Waals surface area contributed by atoms with Crippen LogP contribution in [0.2, 0.25) is 0 Å². The van der Waals surface area contributed by atoms with Gasteiger partial charge in [-0.2, -0.15) is 5.10 Å². The Balaban J connectivity index is 1.14. The molecule has 0 unspecified atom stereocenters. The van der Waals surface area contributed by atoms with Crippen LogP contribution in [0.15, 0.2) is 36.7 Å². The summed E-state index contributed by atoms with van der Waals surface area (Å²) in [6, 6.07) is 8.44. The zero-order valence-corrected chi connectivity index (χ0v) is 20.9. The Hall–Kier alpha value is -3.66. The van der Waals surface area contributed by atoms with Gasteiger partial charge in [-0.05, 0) is 49.8 Å². The van der Waals surface area contributed by atoms with E-state index in [9.17, 15) is 4.79 Å². The minimum atomic E-state index is -0.333. The molecule has 2 aromatic heterocycles. The molecule has 3 aromatic rings. The second kappa shape index (κ2) is 10.9. The van der Waals surface area contributed by atoms with Gasteiger partial charge in [-0.1, -0.05) is 0 Å². The summed E-state index contributed by atoms with van der Waals surface area (Å²) in [6.45, 7) is 4.10. The fraction of sp³-hybridized carbons (Fsp3) is 0.462. The maximum Gasteiger partial charge on any atom is 0.277 e. The van der Waals surface area contributed by atoms with Crippen molar-refractivity contribution in [3.8, 4) is 11.5 Å². The lowest BCUT2D eigenvalue weighted by Gasteiger charge is -2.22. The predicted molar refractivity (Wildman–Crippen MR) is 137 cm³/mol. The summed E-state index contributed by atoms with van der Waals surface area (Å²) in [5.41, 5.74) is 2.27. The maximum absolute atomic E-state index is 12.7. The van der Waals surface area contributed by atoms with Crippen molar-refractivity contribution >= 4 is 17.5 Å². The van der Waals surface area contributed by atoms with Crippen molar-refractivity contribution in [2.24, 2.45) is 0 Å². The van der Waals surface area contributed by atoms with Gasteiger partial charge in [0.2, 0.25) is 0 Å². The summed E-state index contributed by atoms with van der Waals surface area (Å²) in [5.74, 6) is 2.45. The second-order valence-corrected chi connectivity index (χ2v) is 9.32. The quantitative estimate of drug-likeness (QED) is 0.470. The number of rotatable bonds is 9. The van der Waals surface area contributed by atoms with Crippen LogP contribution in [0, 0.1) is 0 Å². The molecule has 0 spiro atoms. The molecule has 1 aliphatic carbocycles. The van der Waals surface area contributed by atoms with Gasteiger partial charge in [0, 0.05) is 50.0 Å². The second-order valence-electron chi connectivity index (χ2n) is 9.32. The Labute approximate surface area is 211 Å². The first kappa shape index (κ1) is 24.1. The van der Waals surface area contributed by atoms with Crippen LogP contribution >= 0.6 is 0 Å². The first-order chi connectivity index (χ1) is 17.6. The number of anilines is 2. The number of nitrogens with zero attached hydrogens (tertiary/aromatic N) is 5. The molecule has 2 fully saturated rings. The third-order valence-corrected chi connectivity index (χ3v) is 6.76. The SMILES string of the molecule is COc1cc(CCc2cc(NC(=O)c3cnc(N4CCCN(C5CC5)CC4)cn3)n[nH]2)cc(OC)c1. The molecule has 0 radical (unpaired) electrons. The number of ether oxygens (including phenoxy) is 2. The Morgan fingerprint density at radius 2 is 1.81 bits per heavy atom. The number of aryl methyl sites for hydroxylation is 2. The number of carbonyl (C=O) groups is 1. The Morgan fingerprint density at radius 1 is 1.00 bits per heavy atom. The number of hydrogen-bond donors (Lipinski definition) is 2. The normalized spacial score (nSPS) is 16.4. The van der Waals surface area contributed by atoms with Gasteiger partial charge < -0.3 is 19.7 Å². The maximum atomic E-state index is 12.7. The zero-order chi connectivity index (χ0) is 24.9. The molecule has 5 rings (SSSR count). The Bertz CT molecular complexity index is 1150. The number of hydrogen-bond acceptors (Lipinski definition) is 8. The van der Waals surface area contributed by atoms with Crippen LogP contribution in [0.5, 0.6) is 11.5 Å². The molecule has 1 amide bonds. The molecule has 0 bridgehead atoms. The zero-order valence-electron chi connectivity index (χ0n) is 20.9. The van der Waals surface area contributed by atoms with E-state index in [1.54, 1.807) is 20.4 Å². The first-order valence-electron chi connectivity index (χ1n) is 12.5. The van der Waals surface area contributed by atoms with E-state index in [-0.39, 0.29) is 11.6 Å². The molecule has 1 saturated carbocycles. The predicted octanol–water partition coefficient (Wildman–Crippen LogP) is 2.93. The standard InChI is InChI=1S/C26H33N7O3/c1-35-21-12-18(13-22(15-21)36-2)4-5-19-14-24(31-30-19)29-26(34)23-16-28-25(17-27-23)33-9-3-8-32(10-11-33)20-6-7-20/h12-17,20H,3-11H2,1-2H3,(H2,29,30,31,34). The Kier molecular flexibility index (Phi) is 7.31. The summed E-state index contributed by atoms with van der Waals surface area (Å²) in [7, 11) is 3.27. The van der Waals surface area contributed by atoms with E-state index in [0.29, 0.717) is 5.82 Å². The fourth-order valence-corrected chi connectivity index (χ4v) is 4.60. The highest BCUT2D eigenvalue weighted by atomic mass is 16.5. The number of aromatic amines is 1. The van der Waals surface area contributed by atoms with Crippen molar-refractivity contribution in [1.82, 2.24) is 25.1 Å². The largest absolute Gasteiger partial charge is 0.497 e. The lowest BCUT2D eigenvalue weighted by Crippen LogP contribution is -2.32. The van der Waals surface area contributed by atoms with E-state index in [1.807, 2.05) is 24.3 Å². The third kappa shape index (κ3) is 5.93. The average Bonchev–Trinajstić information content (AvgIpc) is 3.70. The number of H-pyrrole nitrogens is 1. The van der Waals surface area contributed by atoms with Gasteiger partial charge in [0.15, 0.2) is 5.82 Å². The first-order valence-corrected chi connectivity index (χ1v) is 12.5. The van der Waals surface area contributed by atoms with Gasteiger partial charge in [0.1, 0.15) is 23.0 Å². The van der Waals surface area contributed by atoms with Crippen molar-refractivity contribution in [3.05, 3.63) is 53.6 Å². The van der Waals surface area contributed by atoms with Gasteiger partial charge in [-0.15, -0.1) is 0 Å². The number of aromatic nitrogens is 4. The summed E-state index contributed by atoms with van der Waals surface area (Å²) in [4.78, 5) is 26.4. The van der Waals surface area contributed by atoms with Crippen molar-refractivity contribution < 1.29 is 14.3 Å². The number of benzene rings is 1. The molecule has 1 aliphatic heterocycles. The lowest BCUT2D eigenvalue weighted by atomic mass is 10.1. The van der Waals surface area contributed by atoms with Crippen LogP contribution in [0.1, 0.15) is 41.0 Å².